The highest BCUT2D eigenvalue weighted by atomic mass is 35.5. The first-order valence-corrected chi connectivity index (χ1v) is 9.70. The minimum absolute atomic E-state index is 0.191. The molecule has 0 aliphatic carbocycles. The third kappa shape index (κ3) is 5.35. The van der Waals surface area contributed by atoms with Crippen LogP contribution in [0, 0.1) is 0 Å². The smallest absolute Gasteiger partial charge is 0.303 e. The highest BCUT2D eigenvalue weighted by Gasteiger charge is 2.23. The Hall–Kier alpha value is -2.86. The van der Waals surface area contributed by atoms with Gasteiger partial charge in [-0.3, -0.25) is 4.79 Å². The number of hydrogen-bond acceptors (Lipinski definition) is 4. The number of carboxylic acid groups (broad SMARTS) is 1. The minimum atomic E-state index is -0.745. The second-order valence-electron chi connectivity index (χ2n) is 7.52. The van der Waals surface area contributed by atoms with Gasteiger partial charge in [0.1, 0.15) is 22.5 Å². The summed E-state index contributed by atoms with van der Waals surface area (Å²) in [7, 11) is 0. The van der Waals surface area contributed by atoms with Crippen molar-refractivity contribution in [2.45, 2.75) is 46.5 Å². The lowest BCUT2D eigenvalue weighted by Crippen LogP contribution is -2.13. The van der Waals surface area contributed by atoms with Crippen molar-refractivity contribution in [2.24, 2.45) is 0 Å². The van der Waals surface area contributed by atoms with Gasteiger partial charge in [0, 0.05) is 22.6 Å². The van der Waals surface area contributed by atoms with Crippen molar-refractivity contribution in [2.75, 3.05) is 0 Å². The van der Waals surface area contributed by atoms with Gasteiger partial charge in [0.2, 0.25) is 0 Å². The molecule has 0 spiro atoms. The van der Waals surface area contributed by atoms with Gasteiger partial charge in [-0.2, -0.15) is 0 Å². The Balaban J connectivity index is 0.000000537. The van der Waals surface area contributed by atoms with Gasteiger partial charge >= 0.3 is 5.97 Å². The molecule has 1 heterocycles. The summed E-state index contributed by atoms with van der Waals surface area (Å²) in [4.78, 5) is 10.9. The van der Waals surface area contributed by atoms with E-state index in [9.17, 15) is 9.90 Å². The third-order valence-electron chi connectivity index (χ3n) is 4.18. The number of carbonyl (C=O) groups is 1. The fraction of sp³-hybridized carbons (Fsp3) is 0.318. The molecule has 0 unspecified atom stereocenters. The first-order chi connectivity index (χ1) is 13.6. The Morgan fingerprint density at radius 2 is 1.79 bits per heavy atom. The fourth-order valence-corrected chi connectivity index (χ4v) is 2.88. The third-order valence-corrected chi connectivity index (χ3v) is 4.42. The van der Waals surface area contributed by atoms with Crippen LogP contribution in [-0.2, 0) is 10.2 Å². The van der Waals surface area contributed by atoms with E-state index < -0.39 is 5.97 Å². The topological polar surface area (TPSA) is 88.2 Å². The maximum atomic E-state index is 10.9. The van der Waals surface area contributed by atoms with Crippen molar-refractivity contribution in [3.8, 4) is 11.4 Å². The standard InChI is InChI=1S/C19H20ClN3O.C3H6O2/c1-5-6-12-7-9-14(19(2,3)4)18(24)17(12)23-21-15-10-8-13(20)11-16(15)22-23;1-2-3(4)5/h5-11,24H,1-4H3;2H2,1H3,(H,4,5). The average Bonchev–Trinajstić information content (AvgIpc) is 3.04. The predicted octanol–water partition coefficient (Wildman–Crippen LogP) is 5.59. The number of nitrogens with zero attached hydrogens (tertiary/aromatic N) is 3. The van der Waals surface area contributed by atoms with E-state index in [1.807, 2.05) is 37.3 Å². The quantitative estimate of drug-likeness (QED) is 0.582. The number of aliphatic carboxylic acids is 1. The lowest BCUT2D eigenvalue weighted by Gasteiger charge is -2.22. The Morgan fingerprint density at radius 1 is 1.17 bits per heavy atom. The van der Waals surface area contributed by atoms with Crippen LogP contribution in [0.25, 0.3) is 22.8 Å². The zero-order valence-corrected chi connectivity index (χ0v) is 18.0. The number of aromatic nitrogens is 3. The molecule has 0 amide bonds. The number of fused-ring (bicyclic) bond motifs is 1. The highest BCUT2D eigenvalue weighted by Crippen LogP contribution is 2.37. The second kappa shape index (κ2) is 9.09. The van der Waals surface area contributed by atoms with Gasteiger partial charge in [-0.05, 0) is 30.5 Å². The van der Waals surface area contributed by atoms with Crippen molar-refractivity contribution in [3.63, 3.8) is 0 Å². The van der Waals surface area contributed by atoms with Gasteiger partial charge < -0.3 is 10.2 Å². The lowest BCUT2D eigenvalue weighted by atomic mass is 9.85. The molecule has 0 saturated carbocycles. The Labute approximate surface area is 175 Å². The molecule has 3 aromatic rings. The van der Waals surface area contributed by atoms with Crippen molar-refractivity contribution in [1.29, 1.82) is 0 Å². The van der Waals surface area contributed by atoms with E-state index in [1.165, 1.54) is 4.80 Å². The second-order valence-corrected chi connectivity index (χ2v) is 7.96. The van der Waals surface area contributed by atoms with Crippen LogP contribution in [0.15, 0.2) is 36.4 Å². The van der Waals surface area contributed by atoms with E-state index in [4.69, 9.17) is 16.7 Å². The van der Waals surface area contributed by atoms with E-state index in [2.05, 4.69) is 31.0 Å². The first kappa shape index (κ1) is 22.4. The Morgan fingerprint density at radius 3 is 2.34 bits per heavy atom. The van der Waals surface area contributed by atoms with Crippen molar-refractivity contribution < 1.29 is 15.0 Å². The molecule has 6 nitrogen and oxygen atoms in total. The molecule has 2 N–H and O–H groups in total. The molecule has 7 heteroatoms. The zero-order valence-electron chi connectivity index (χ0n) is 17.3. The summed E-state index contributed by atoms with van der Waals surface area (Å²) in [6, 6.07) is 9.30. The zero-order chi connectivity index (χ0) is 21.8. The predicted molar refractivity (Wildman–Crippen MR) is 117 cm³/mol. The van der Waals surface area contributed by atoms with E-state index in [0.717, 1.165) is 16.6 Å². The van der Waals surface area contributed by atoms with Crippen LogP contribution in [0.1, 0.15) is 52.2 Å². The van der Waals surface area contributed by atoms with Crippen LogP contribution in [0.5, 0.6) is 5.75 Å². The van der Waals surface area contributed by atoms with Crippen LogP contribution < -0.4 is 0 Å². The van der Waals surface area contributed by atoms with Gasteiger partial charge in [0.15, 0.2) is 0 Å². The van der Waals surface area contributed by atoms with Crippen LogP contribution in [0.4, 0.5) is 0 Å². The molecule has 0 aliphatic heterocycles. The summed E-state index contributed by atoms with van der Waals surface area (Å²) >= 11 is 6.03. The monoisotopic (exact) mass is 415 g/mol. The first-order valence-electron chi connectivity index (χ1n) is 9.32. The molecule has 154 valence electrons. The summed E-state index contributed by atoms with van der Waals surface area (Å²) in [5.74, 6) is -0.547. The number of carboxylic acids is 1. The number of rotatable bonds is 3. The largest absolute Gasteiger partial charge is 0.505 e. The van der Waals surface area contributed by atoms with Crippen LogP contribution >= 0.6 is 11.6 Å². The normalized spacial score (nSPS) is 11.5. The van der Waals surface area contributed by atoms with Gasteiger partial charge in [-0.15, -0.1) is 15.0 Å². The van der Waals surface area contributed by atoms with Gasteiger partial charge in [-0.25, -0.2) is 0 Å². The van der Waals surface area contributed by atoms with Crippen molar-refractivity contribution >= 4 is 34.7 Å². The molecular formula is C22H26ClN3O3. The highest BCUT2D eigenvalue weighted by molar-refractivity contribution is 6.31. The number of phenols is 1. The molecule has 29 heavy (non-hydrogen) atoms. The van der Waals surface area contributed by atoms with Gasteiger partial charge in [-0.1, -0.05) is 63.6 Å². The summed E-state index contributed by atoms with van der Waals surface area (Å²) in [6.07, 6.45) is 4.08. The Bertz CT molecular complexity index is 1050. The van der Waals surface area contributed by atoms with Gasteiger partial charge in [0.05, 0.1) is 0 Å². The molecule has 0 saturated heterocycles. The molecule has 0 atom stereocenters. The summed E-state index contributed by atoms with van der Waals surface area (Å²) in [5, 5.41) is 28.2. The maximum Gasteiger partial charge on any atom is 0.303 e. The molecule has 0 aliphatic rings. The van der Waals surface area contributed by atoms with Crippen LogP contribution in [-0.4, -0.2) is 31.2 Å². The molecule has 0 bridgehead atoms. The van der Waals surface area contributed by atoms with Crippen LogP contribution in [0.2, 0.25) is 5.02 Å². The minimum Gasteiger partial charge on any atom is -0.505 e. The molecule has 3 rings (SSSR count). The van der Waals surface area contributed by atoms with Gasteiger partial charge in [0.25, 0.3) is 0 Å². The SMILES string of the molecule is CC=Cc1ccc(C(C)(C)C)c(O)c1-n1nc2ccc(Cl)cc2n1.CCC(=O)O. The molecule has 0 radical (unpaired) electrons. The summed E-state index contributed by atoms with van der Waals surface area (Å²) in [5.41, 5.74) is 3.51. The number of phenolic OH excluding ortho intramolecular Hbond substituents is 1. The average molecular weight is 416 g/mol. The molecule has 2 aromatic carbocycles. The number of benzene rings is 2. The number of aromatic hydroxyl groups is 1. The van der Waals surface area contributed by atoms with Crippen molar-refractivity contribution in [3.05, 3.63) is 52.6 Å². The number of hydrogen-bond donors (Lipinski definition) is 2. The van der Waals surface area contributed by atoms with E-state index in [-0.39, 0.29) is 17.6 Å². The summed E-state index contributed by atoms with van der Waals surface area (Å²) in [6.45, 7) is 9.73. The fourth-order valence-electron chi connectivity index (χ4n) is 2.71. The van der Waals surface area contributed by atoms with Crippen molar-refractivity contribution in [1.82, 2.24) is 15.0 Å². The molecular weight excluding hydrogens is 390 g/mol. The molecule has 0 fully saturated rings. The van der Waals surface area contributed by atoms with E-state index >= 15 is 0 Å². The van der Waals surface area contributed by atoms with Crippen LogP contribution in [0.3, 0.4) is 0 Å². The molecule has 1 aromatic heterocycles. The maximum absolute atomic E-state index is 10.9. The summed E-state index contributed by atoms with van der Waals surface area (Å²) < 4.78 is 0. The number of allylic oxidation sites excluding steroid dienone is 1. The van der Waals surface area contributed by atoms with E-state index in [0.29, 0.717) is 16.2 Å². The number of halogens is 1. The lowest BCUT2D eigenvalue weighted by molar-refractivity contribution is -0.136. The van der Waals surface area contributed by atoms with E-state index in [1.54, 1.807) is 19.1 Å². The Kier molecular flexibility index (Phi) is 7.03.